The minimum atomic E-state index is 0.401. The van der Waals surface area contributed by atoms with E-state index in [4.69, 9.17) is 10.5 Å². The van der Waals surface area contributed by atoms with Gasteiger partial charge in [0.25, 0.3) is 0 Å². The molecule has 5 heteroatoms. The number of pyridine rings is 1. The van der Waals surface area contributed by atoms with E-state index in [2.05, 4.69) is 16.6 Å². The number of nitrogens with zero attached hydrogens (tertiary/aromatic N) is 1. The van der Waals surface area contributed by atoms with Crippen molar-refractivity contribution in [2.24, 2.45) is 5.92 Å². The summed E-state index contributed by atoms with van der Waals surface area (Å²) in [5.41, 5.74) is 6.55. The van der Waals surface area contributed by atoms with Crippen molar-refractivity contribution >= 4 is 23.3 Å². The van der Waals surface area contributed by atoms with Gasteiger partial charge >= 0.3 is 0 Å². The molecule has 4 nitrogen and oxygen atoms in total. The van der Waals surface area contributed by atoms with Crippen LogP contribution in [0.15, 0.2) is 12.1 Å². The Morgan fingerprint density at radius 2 is 2.25 bits per heavy atom. The number of thioether (sulfide) groups is 1. The third-order valence-corrected chi connectivity index (χ3v) is 5.75. The molecule has 1 heterocycles. The van der Waals surface area contributed by atoms with Crippen LogP contribution in [0.2, 0.25) is 0 Å². The van der Waals surface area contributed by atoms with Gasteiger partial charge in [0, 0.05) is 11.3 Å². The summed E-state index contributed by atoms with van der Waals surface area (Å²) in [4.78, 5) is 4.50. The van der Waals surface area contributed by atoms with Crippen LogP contribution in [0.5, 0.6) is 5.88 Å². The molecule has 2 aliphatic carbocycles. The highest BCUT2D eigenvalue weighted by molar-refractivity contribution is 8.00. The van der Waals surface area contributed by atoms with Crippen molar-refractivity contribution in [3.05, 3.63) is 12.1 Å². The lowest BCUT2D eigenvalue weighted by molar-refractivity contribution is 0.290. The highest BCUT2D eigenvalue weighted by Gasteiger charge is 2.35. The van der Waals surface area contributed by atoms with Crippen LogP contribution < -0.4 is 15.8 Å². The van der Waals surface area contributed by atoms with Crippen molar-refractivity contribution in [3.63, 3.8) is 0 Å². The van der Waals surface area contributed by atoms with Gasteiger partial charge in [0.15, 0.2) is 0 Å². The van der Waals surface area contributed by atoms with Crippen LogP contribution in [-0.2, 0) is 0 Å². The van der Waals surface area contributed by atoms with Crippen LogP contribution in [0.4, 0.5) is 11.5 Å². The molecular formula is C15H23N3OS. The molecule has 0 bridgehead atoms. The predicted molar refractivity (Wildman–Crippen MR) is 85.5 cm³/mol. The summed E-state index contributed by atoms with van der Waals surface area (Å²) in [7, 11) is 0. The van der Waals surface area contributed by atoms with Gasteiger partial charge in [0.1, 0.15) is 5.82 Å². The smallest absolute Gasteiger partial charge is 0.239 e. The van der Waals surface area contributed by atoms with E-state index < -0.39 is 0 Å². The summed E-state index contributed by atoms with van der Waals surface area (Å²) < 4.78 is 6.12. The molecule has 3 N–H and O–H groups in total. The molecule has 0 radical (unpaired) electrons. The normalized spacial score (nSPS) is 20.2. The van der Waals surface area contributed by atoms with Crippen molar-refractivity contribution in [2.75, 3.05) is 30.5 Å². The second kappa shape index (κ2) is 5.72. The molecule has 2 fully saturated rings. The van der Waals surface area contributed by atoms with Crippen LogP contribution in [0.25, 0.3) is 0 Å². The lowest BCUT2D eigenvalue weighted by Gasteiger charge is -2.40. The number of hydrogen-bond donors (Lipinski definition) is 2. The van der Waals surface area contributed by atoms with E-state index in [0.717, 1.165) is 19.0 Å². The van der Waals surface area contributed by atoms with E-state index in [0.29, 0.717) is 22.2 Å². The van der Waals surface area contributed by atoms with Gasteiger partial charge in [-0.1, -0.05) is 6.42 Å². The topological polar surface area (TPSA) is 60.2 Å². The van der Waals surface area contributed by atoms with Crippen molar-refractivity contribution in [2.45, 2.75) is 36.9 Å². The Morgan fingerprint density at radius 1 is 1.45 bits per heavy atom. The van der Waals surface area contributed by atoms with Gasteiger partial charge in [-0.3, -0.25) is 0 Å². The van der Waals surface area contributed by atoms with Gasteiger partial charge in [-0.15, -0.1) is 0 Å². The number of rotatable bonds is 7. The lowest BCUT2D eigenvalue weighted by atomic mass is 9.84. The Bertz CT molecular complexity index is 467. The Morgan fingerprint density at radius 3 is 2.85 bits per heavy atom. The number of anilines is 2. The van der Waals surface area contributed by atoms with Crippen molar-refractivity contribution in [1.29, 1.82) is 0 Å². The van der Waals surface area contributed by atoms with Crippen LogP contribution in [-0.4, -0.2) is 29.1 Å². The third-order valence-electron chi connectivity index (χ3n) is 4.33. The van der Waals surface area contributed by atoms with Gasteiger partial charge in [-0.2, -0.15) is 16.7 Å². The summed E-state index contributed by atoms with van der Waals surface area (Å²) in [5.74, 6) is 2.15. The molecule has 1 aromatic heterocycles. The van der Waals surface area contributed by atoms with E-state index in [1.807, 2.05) is 23.9 Å². The first kappa shape index (κ1) is 13.9. The Balaban J connectivity index is 1.59. The molecule has 0 aromatic carbocycles. The third kappa shape index (κ3) is 3.14. The van der Waals surface area contributed by atoms with E-state index in [1.54, 1.807) is 0 Å². The van der Waals surface area contributed by atoms with Crippen molar-refractivity contribution < 1.29 is 4.74 Å². The van der Waals surface area contributed by atoms with Gasteiger partial charge in [0.05, 0.1) is 12.3 Å². The molecule has 0 unspecified atom stereocenters. The summed E-state index contributed by atoms with van der Waals surface area (Å²) in [6.45, 7) is 1.71. The number of nitrogens with two attached hydrogens (primary N) is 1. The molecule has 0 amide bonds. The number of hydrogen-bond acceptors (Lipinski definition) is 5. The van der Waals surface area contributed by atoms with Crippen LogP contribution >= 0.6 is 11.8 Å². The maximum Gasteiger partial charge on any atom is 0.239 e. The second-order valence-electron chi connectivity index (χ2n) is 5.94. The fraction of sp³-hybridized carbons (Fsp3) is 0.667. The molecule has 3 rings (SSSR count). The maximum atomic E-state index is 5.92. The summed E-state index contributed by atoms with van der Waals surface area (Å²) in [6.07, 6.45) is 8.67. The number of aromatic nitrogens is 1. The number of nitrogen functional groups attached to an aromatic ring is 1. The quantitative estimate of drug-likeness (QED) is 0.808. The molecule has 2 saturated carbocycles. The molecular weight excluding hydrogens is 270 g/mol. The minimum absolute atomic E-state index is 0.401. The summed E-state index contributed by atoms with van der Waals surface area (Å²) in [6, 6.07) is 3.82. The first-order valence-corrected chi connectivity index (χ1v) is 8.62. The molecule has 0 spiro atoms. The Hall–Kier alpha value is -1.10. The molecule has 2 aliphatic rings. The number of nitrogens with one attached hydrogen (secondary N) is 1. The molecule has 110 valence electrons. The van der Waals surface area contributed by atoms with Gasteiger partial charge in [-0.25, -0.2) is 0 Å². The average Bonchev–Trinajstić information content (AvgIpc) is 3.22. The highest BCUT2D eigenvalue weighted by atomic mass is 32.2. The standard InChI is InChI=1S/C15H23N3OS/c1-20-15(7-2-8-15)10-17-13-6-5-12(16)14(18-13)19-9-11-3-4-11/h5-6,11H,2-4,7-10,16H2,1H3,(H,17,18). The molecule has 0 atom stereocenters. The van der Waals surface area contributed by atoms with E-state index in [1.165, 1.54) is 32.1 Å². The molecule has 1 aromatic rings. The van der Waals surface area contributed by atoms with Gasteiger partial charge in [-0.05, 0) is 50.0 Å². The minimum Gasteiger partial charge on any atom is -0.476 e. The highest BCUT2D eigenvalue weighted by Crippen LogP contribution is 2.42. The van der Waals surface area contributed by atoms with Gasteiger partial charge < -0.3 is 15.8 Å². The zero-order valence-corrected chi connectivity index (χ0v) is 12.8. The Labute approximate surface area is 124 Å². The fourth-order valence-corrected chi connectivity index (χ4v) is 3.34. The SMILES string of the molecule is CSC1(CNc2ccc(N)c(OCC3CC3)n2)CCC1. The summed E-state index contributed by atoms with van der Waals surface area (Å²) in [5, 5.41) is 3.44. The van der Waals surface area contributed by atoms with E-state index >= 15 is 0 Å². The largest absolute Gasteiger partial charge is 0.476 e. The number of ether oxygens (including phenoxy) is 1. The van der Waals surface area contributed by atoms with Crippen LogP contribution in [0.1, 0.15) is 32.1 Å². The molecule has 0 saturated heterocycles. The first-order valence-electron chi connectivity index (χ1n) is 7.39. The van der Waals surface area contributed by atoms with Crippen LogP contribution in [0, 0.1) is 5.92 Å². The second-order valence-corrected chi connectivity index (χ2v) is 7.21. The average molecular weight is 293 g/mol. The lowest BCUT2D eigenvalue weighted by Crippen LogP contribution is -2.40. The Kier molecular flexibility index (Phi) is 3.96. The van der Waals surface area contributed by atoms with E-state index in [-0.39, 0.29) is 0 Å². The summed E-state index contributed by atoms with van der Waals surface area (Å²) >= 11 is 1.96. The van der Waals surface area contributed by atoms with Crippen molar-refractivity contribution in [3.8, 4) is 5.88 Å². The van der Waals surface area contributed by atoms with Crippen molar-refractivity contribution in [1.82, 2.24) is 4.98 Å². The zero-order valence-electron chi connectivity index (χ0n) is 12.0. The first-order chi connectivity index (χ1) is 9.71. The molecule has 20 heavy (non-hydrogen) atoms. The van der Waals surface area contributed by atoms with Crippen LogP contribution in [0.3, 0.4) is 0 Å². The zero-order chi connectivity index (χ0) is 14.0. The van der Waals surface area contributed by atoms with E-state index in [9.17, 15) is 0 Å². The fourth-order valence-electron chi connectivity index (χ4n) is 2.42. The molecule has 0 aliphatic heterocycles. The monoisotopic (exact) mass is 293 g/mol. The van der Waals surface area contributed by atoms with Gasteiger partial charge in [0.2, 0.25) is 5.88 Å². The maximum absolute atomic E-state index is 5.92. The predicted octanol–water partition coefficient (Wildman–Crippen LogP) is 3.15.